The number of halogens is 1. The summed E-state index contributed by atoms with van der Waals surface area (Å²) >= 11 is 6.87. The van der Waals surface area contributed by atoms with Crippen molar-refractivity contribution in [2.45, 2.75) is 63.8 Å². The predicted molar refractivity (Wildman–Crippen MR) is 127 cm³/mol. The van der Waals surface area contributed by atoms with Crippen molar-refractivity contribution in [3.05, 3.63) is 46.8 Å². The van der Waals surface area contributed by atoms with Crippen molar-refractivity contribution in [1.82, 2.24) is 4.57 Å². The maximum Gasteiger partial charge on any atom is 0.312 e. The number of aromatic nitrogens is 1. The highest BCUT2D eigenvalue weighted by atomic mass is 35.5. The van der Waals surface area contributed by atoms with Crippen molar-refractivity contribution in [2.24, 2.45) is 17.3 Å². The number of hydrogen-bond acceptors (Lipinski definition) is 5. The van der Waals surface area contributed by atoms with E-state index in [1.807, 2.05) is 38.1 Å². The van der Waals surface area contributed by atoms with E-state index in [2.05, 4.69) is 4.57 Å². The highest BCUT2D eigenvalue weighted by Gasteiger charge is 2.60. The average molecular weight is 484 g/mol. The normalized spacial score (nSPS) is 30.6. The van der Waals surface area contributed by atoms with E-state index in [-0.39, 0.29) is 30.0 Å². The zero-order chi connectivity index (χ0) is 23.7. The molecule has 0 radical (unpaired) electrons. The first-order valence-electron chi connectivity index (χ1n) is 12.2. The van der Waals surface area contributed by atoms with Gasteiger partial charge in [-0.05, 0) is 88.0 Å². The zero-order valence-electron chi connectivity index (χ0n) is 19.7. The van der Waals surface area contributed by atoms with Gasteiger partial charge in [0.2, 0.25) is 12.6 Å². The number of nitrogens with zero attached hydrogens (tertiary/aromatic N) is 1. The van der Waals surface area contributed by atoms with E-state index in [1.54, 1.807) is 0 Å². The molecule has 0 spiro atoms. The highest BCUT2D eigenvalue weighted by Crippen LogP contribution is 2.64. The minimum atomic E-state index is -0.498. The van der Waals surface area contributed by atoms with Crippen LogP contribution in [0.25, 0.3) is 0 Å². The van der Waals surface area contributed by atoms with E-state index in [4.69, 9.17) is 25.8 Å². The molecule has 7 heteroatoms. The number of esters is 1. The lowest BCUT2D eigenvalue weighted by molar-refractivity contribution is -0.168. The molecule has 2 unspecified atom stereocenters. The van der Waals surface area contributed by atoms with E-state index >= 15 is 0 Å². The second-order valence-corrected chi connectivity index (χ2v) is 11.8. The molecule has 180 valence electrons. The van der Waals surface area contributed by atoms with Crippen molar-refractivity contribution in [1.29, 1.82) is 0 Å². The van der Waals surface area contributed by atoms with Crippen LogP contribution < -0.4 is 9.47 Å². The summed E-state index contributed by atoms with van der Waals surface area (Å²) in [5, 5.41) is 0. The Morgan fingerprint density at radius 1 is 1.09 bits per heavy atom. The molecular weight excluding hydrogens is 454 g/mol. The minimum absolute atomic E-state index is 0.163. The van der Waals surface area contributed by atoms with Gasteiger partial charge < -0.3 is 18.8 Å². The fourth-order valence-electron chi connectivity index (χ4n) is 7.30. The van der Waals surface area contributed by atoms with Crippen molar-refractivity contribution >= 4 is 23.4 Å². The monoisotopic (exact) mass is 483 g/mol. The molecule has 2 atom stereocenters. The van der Waals surface area contributed by atoms with Crippen LogP contribution in [0.4, 0.5) is 0 Å². The fourth-order valence-corrected chi connectivity index (χ4v) is 7.99. The lowest BCUT2D eigenvalue weighted by atomic mass is 9.49. The average Bonchev–Trinajstić information content (AvgIpc) is 3.35. The maximum atomic E-state index is 13.2. The maximum absolute atomic E-state index is 13.2. The summed E-state index contributed by atoms with van der Waals surface area (Å²) in [6.45, 7) is 4.56. The van der Waals surface area contributed by atoms with Crippen LogP contribution in [0.15, 0.2) is 24.3 Å². The minimum Gasteiger partial charge on any atom is -0.457 e. The summed E-state index contributed by atoms with van der Waals surface area (Å²) < 4.78 is 18.7. The van der Waals surface area contributed by atoms with Crippen LogP contribution in [-0.4, -0.2) is 34.6 Å². The van der Waals surface area contributed by atoms with Crippen molar-refractivity contribution in [3.63, 3.8) is 0 Å². The van der Waals surface area contributed by atoms with Crippen molar-refractivity contribution in [2.75, 3.05) is 13.4 Å². The number of carbonyl (C=O) groups is 2. The highest BCUT2D eigenvalue weighted by molar-refractivity contribution is 6.24. The number of hydrogen-bond donors (Lipinski definition) is 0. The molecule has 2 aromatic rings. The number of fused-ring (bicyclic) bond motifs is 1. The van der Waals surface area contributed by atoms with Gasteiger partial charge in [0.25, 0.3) is 0 Å². The van der Waals surface area contributed by atoms with Gasteiger partial charge in [-0.15, -0.1) is 11.6 Å². The van der Waals surface area contributed by atoms with Crippen LogP contribution in [-0.2, 0) is 16.1 Å². The number of aryl methyl sites for hydroxylation is 1. The summed E-state index contributed by atoms with van der Waals surface area (Å²) in [5.74, 6) is 2.13. The van der Waals surface area contributed by atoms with Crippen molar-refractivity contribution < 1.29 is 23.8 Å². The number of ketones is 1. The number of ether oxygens (including phenoxy) is 3. The first kappa shape index (κ1) is 22.0. The SMILES string of the molecule is Cc1cc(C(=O)COC(=O)C23CC4CC(CC(Cl)(C4)C2)C3)c(C)n1Cc1ccc2c(c1)OCO2. The molecule has 4 fully saturated rings. The van der Waals surface area contributed by atoms with E-state index < -0.39 is 5.41 Å². The Kier molecular flexibility index (Phi) is 5.03. The number of benzene rings is 1. The molecule has 1 aromatic heterocycles. The standard InChI is InChI=1S/C27H30ClNO5/c1-16-5-21(17(2)29(16)12-18-3-4-23-24(7-18)34-15-33-23)22(30)13-32-25(31)26-8-19-6-20(9-26)11-27(28,10-19)14-26/h3-5,7,19-20H,6,8-15H2,1-2H3. The summed E-state index contributed by atoms with van der Waals surface area (Å²) in [5.41, 5.74) is 3.02. The van der Waals surface area contributed by atoms with E-state index in [0.717, 1.165) is 54.1 Å². The van der Waals surface area contributed by atoms with Crippen LogP contribution >= 0.6 is 11.6 Å². The molecule has 2 heterocycles. The second-order valence-electron chi connectivity index (χ2n) is 11.0. The molecule has 6 nitrogen and oxygen atoms in total. The summed E-state index contributed by atoms with van der Waals surface area (Å²) in [6, 6.07) is 7.77. The fraction of sp³-hybridized carbons (Fsp3) is 0.556. The zero-order valence-corrected chi connectivity index (χ0v) is 20.5. The lowest BCUT2D eigenvalue weighted by Crippen LogP contribution is -2.56. The Hall–Kier alpha value is -2.47. The molecule has 7 rings (SSSR count). The molecule has 4 saturated carbocycles. The van der Waals surface area contributed by atoms with Crippen molar-refractivity contribution in [3.8, 4) is 11.5 Å². The quantitative estimate of drug-likeness (QED) is 0.321. The molecule has 0 N–H and O–H groups in total. The topological polar surface area (TPSA) is 66.8 Å². The first-order chi connectivity index (χ1) is 16.2. The lowest BCUT2D eigenvalue weighted by Gasteiger charge is -2.58. The van der Waals surface area contributed by atoms with E-state index in [1.165, 1.54) is 6.42 Å². The van der Waals surface area contributed by atoms with Gasteiger partial charge in [0.05, 0.1) is 5.41 Å². The Morgan fingerprint density at radius 3 is 2.56 bits per heavy atom. The third kappa shape index (κ3) is 3.62. The van der Waals surface area contributed by atoms with Crippen LogP contribution in [0.5, 0.6) is 11.5 Å². The van der Waals surface area contributed by atoms with Gasteiger partial charge in [-0.2, -0.15) is 0 Å². The first-order valence-corrected chi connectivity index (χ1v) is 12.6. The molecule has 34 heavy (non-hydrogen) atoms. The summed E-state index contributed by atoms with van der Waals surface area (Å²) in [6.07, 6.45) is 5.59. The Balaban J connectivity index is 1.14. The Morgan fingerprint density at radius 2 is 1.82 bits per heavy atom. The van der Waals surface area contributed by atoms with Gasteiger partial charge >= 0.3 is 5.97 Å². The predicted octanol–water partition coefficient (Wildman–Crippen LogP) is 5.19. The smallest absolute Gasteiger partial charge is 0.312 e. The van der Waals surface area contributed by atoms with Gasteiger partial charge in [-0.1, -0.05) is 6.07 Å². The molecule has 1 aliphatic heterocycles. The van der Waals surface area contributed by atoms with Crippen LogP contribution in [0.2, 0.25) is 0 Å². The van der Waals surface area contributed by atoms with Crippen LogP contribution in [0, 0.1) is 31.1 Å². The molecule has 0 amide bonds. The van der Waals surface area contributed by atoms with Gasteiger partial charge in [-0.3, -0.25) is 9.59 Å². The Labute approximate surface area is 204 Å². The van der Waals surface area contributed by atoms with Crippen LogP contribution in [0.1, 0.15) is 65.8 Å². The number of Topliss-reactive ketones (excluding diaryl/α,β-unsaturated/α-hetero) is 1. The molecular formula is C27H30ClNO5. The number of alkyl halides is 1. The van der Waals surface area contributed by atoms with Gasteiger partial charge in [0.1, 0.15) is 0 Å². The van der Waals surface area contributed by atoms with E-state index in [0.29, 0.717) is 30.4 Å². The Bertz CT molecular complexity index is 1170. The molecule has 1 aromatic carbocycles. The summed E-state index contributed by atoms with van der Waals surface area (Å²) in [7, 11) is 0. The molecule has 0 saturated heterocycles. The summed E-state index contributed by atoms with van der Waals surface area (Å²) in [4.78, 5) is 26.0. The van der Waals surface area contributed by atoms with Gasteiger partial charge in [-0.25, -0.2) is 0 Å². The third-order valence-electron chi connectivity index (χ3n) is 8.41. The van der Waals surface area contributed by atoms with E-state index in [9.17, 15) is 9.59 Å². The third-order valence-corrected chi connectivity index (χ3v) is 8.85. The molecule has 4 bridgehead atoms. The molecule has 4 aliphatic carbocycles. The largest absolute Gasteiger partial charge is 0.457 e. The molecule has 5 aliphatic rings. The second kappa shape index (κ2) is 7.77. The number of carbonyl (C=O) groups excluding carboxylic acids is 2. The van der Waals surface area contributed by atoms with Crippen LogP contribution in [0.3, 0.4) is 0 Å². The van der Waals surface area contributed by atoms with Gasteiger partial charge in [0, 0.05) is 28.4 Å². The van der Waals surface area contributed by atoms with Gasteiger partial charge in [0.15, 0.2) is 18.1 Å². The number of rotatable bonds is 6.